The van der Waals surface area contributed by atoms with Gasteiger partial charge >= 0.3 is 12.3 Å². The number of aliphatic carboxylic acids is 1. The van der Waals surface area contributed by atoms with Crippen LogP contribution in [0.4, 0.5) is 13.2 Å². The monoisotopic (exact) mass is 442 g/mol. The lowest BCUT2D eigenvalue weighted by molar-refractivity contribution is -0.274. The summed E-state index contributed by atoms with van der Waals surface area (Å²) < 4.78 is 52.4. The van der Waals surface area contributed by atoms with Gasteiger partial charge in [-0.05, 0) is 46.5 Å². The molecule has 0 spiro atoms. The smallest absolute Gasteiger partial charge is 0.481 e. The van der Waals surface area contributed by atoms with Crippen molar-refractivity contribution in [1.29, 1.82) is 0 Å². The molecule has 164 valence electrons. The Labute approximate surface area is 181 Å². The Morgan fingerprint density at radius 2 is 1.47 bits per heavy atom. The first kappa shape index (κ1) is 20.2. The number of hydrogen-bond acceptors (Lipinski definition) is 4. The lowest BCUT2D eigenvalue weighted by Crippen LogP contribution is -2.24. The minimum Gasteiger partial charge on any atom is -0.481 e. The highest BCUT2D eigenvalue weighted by Crippen LogP contribution is 2.53. The molecule has 0 bridgehead atoms. The molecule has 3 aromatic rings. The van der Waals surface area contributed by atoms with Gasteiger partial charge in [0.1, 0.15) is 5.75 Å². The maximum absolute atomic E-state index is 12.5. The number of halogens is 3. The van der Waals surface area contributed by atoms with Gasteiger partial charge in [-0.25, -0.2) is 0 Å². The van der Waals surface area contributed by atoms with E-state index in [0.717, 1.165) is 16.7 Å². The number of ether oxygens (including phenoxy) is 3. The molecule has 0 fully saturated rings. The third kappa shape index (κ3) is 3.51. The van der Waals surface area contributed by atoms with Crippen molar-refractivity contribution < 1.29 is 37.3 Å². The lowest BCUT2D eigenvalue weighted by atomic mass is 9.79. The second kappa shape index (κ2) is 7.47. The fraction of sp³-hybridized carbons (Fsp3) is 0.208. The number of hydrogen-bond donors (Lipinski definition) is 1. The molecule has 8 heteroatoms. The third-order valence-corrected chi connectivity index (χ3v) is 5.90. The molecule has 1 aliphatic heterocycles. The van der Waals surface area contributed by atoms with E-state index in [1.807, 2.05) is 30.3 Å². The van der Waals surface area contributed by atoms with Gasteiger partial charge in [0.25, 0.3) is 0 Å². The fourth-order valence-corrected chi connectivity index (χ4v) is 4.70. The minimum absolute atomic E-state index is 0.109. The SMILES string of the molecule is O=C(O)C1C(c2ccc(OC(F)(F)F)cc2)c2ccccc2C1c1ccc2c(c1)OCO2. The zero-order valence-corrected chi connectivity index (χ0v) is 16.5. The van der Waals surface area contributed by atoms with Crippen LogP contribution in [0.3, 0.4) is 0 Å². The minimum atomic E-state index is -4.80. The van der Waals surface area contributed by atoms with E-state index in [9.17, 15) is 23.1 Å². The molecule has 3 aromatic carbocycles. The highest BCUT2D eigenvalue weighted by molar-refractivity contribution is 5.78. The molecule has 5 rings (SSSR count). The van der Waals surface area contributed by atoms with Gasteiger partial charge in [0, 0.05) is 11.8 Å². The molecule has 0 radical (unpaired) electrons. The topological polar surface area (TPSA) is 65.0 Å². The van der Waals surface area contributed by atoms with E-state index < -0.39 is 30.1 Å². The van der Waals surface area contributed by atoms with Crippen LogP contribution in [0, 0.1) is 5.92 Å². The third-order valence-electron chi connectivity index (χ3n) is 5.90. The van der Waals surface area contributed by atoms with E-state index in [0.29, 0.717) is 17.1 Å². The Hall–Kier alpha value is -3.68. The predicted molar refractivity (Wildman–Crippen MR) is 107 cm³/mol. The fourth-order valence-electron chi connectivity index (χ4n) is 4.70. The number of carbonyl (C=O) groups is 1. The van der Waals surface area contributed by atoms with Crippen LogP contribution in [-0.2, 0) is 4.79 Å². The first-order chi connectivity index (χ1) is 15.3. The van der Waals surface area contributed by atoms with Crippen LogP contribution in [0.15, 0.2) is 66.7 Å². The number of benzene rings is 3. The zero-order chi connectivity index (χ0) is 22.5. The number of carboxylic acid groups (broad SMARTS) is 1. The summed E-state index contributed by atoms with van der Waals surface area (Å²) >= 11 is 0. The van der Waals surface area contributed by atoms with E-state index >= 15 is 0 Å². The van der Waals surface area contributed by atoms with E-state index in [1.165, 1.54) is 24.3 Å². The Morgan fingerprint density at radius 1 is 0.875 bits per heavy atom. The number of alkyl halides is 3. The summed E-state index contributed by atoms with van der Waals surface area (Å²) in [4.78, 5) is 12.5. The van der Waals surface area contributed by atoms with Crippen LogP contribution < -0.4 is 14.2 Å². The van der Waals surface area contributed by atoms with Gasteiger partial charge in [0.05, 0.1) is 5.92 Å². The summed E-state index contributed by atoms with van der Waals surface area (Å²) in [6.45, 7) is 0.109. The van der Waals surface area contributed by atoms with Crippen molar-refractivity contribution in [3.63, 3.8) is 0 Å². The van der Waals surface area contributed by atoms with Crippen molar-refractivity contribution in [2.45, 2.75) is 18.2 Å². The Balaban J connectivity index is 1.58. The first-order valence-corrected chi connectivity index (χ1v) is 9.89. The number of carboxylic acids is 1. The van der Waals surface area contributed by atoms with Crippen molar-refractivity contribution in [3.8, 4) is 17.2 Å². The van der Waals surface area contributed by atoms with Gasteiger partial charge in [-0.3, -0.25) is 4.79 Å². The quantitative estimate of drug-likeness (QED) is 0.595. The maximum Gasteiger partial charge on any atom is 0.573 e. The molecule has 0 saturated carbocycles. The average molecular weight is 442 g/mol. The molecule has 0 amide bonds. The van der Waals surface area contributed by atoms with E-state index in [2.05, 4.69) is 4.74 Å². The normalized spacial score (nSPS) is 21.3. The van der Waals surface area contributed by atoms with Crippen molar-refractivity contribution >= 4 is 5.97 Å². The summed E-state index contributed by atoms with van der Waals surface area (Å²) in [5, 5.41) is 10.2. The molecule has 0 saturated heterocycles. The van der Waals surface area contributed by atoms with Crippen molar-refractivity contribution in [3.05, 3.63) is 89.0 Å². The summed E-state index contributed by atoms with van der Waals surface area (Å²) in [6.07, 6.45) is -4.80. The summed E-state index contributed by atoms with van der Waals surface area (Å²) in [7, 11) is 0. The molecule has 0 aromatic heterocycles. The van der Waals surface area contributed by atoms with Gasteiger partial charge < -0.3 is 19.3 Å². The summed E-state index contributed by atoms with van der Waals surface area (Å²) in [5.41, 5.74) is 3.06. The molecule has 1 heterocycles. The van der Waals surface area contributed by atoms with Crippen LogP contribution in [0.25, 0.3) is 0 Å². The molecule has 5 nitrogen and oxygen atoms in total. The van der Waals surface area contributed by atoms with Crippen LogP contribution in [0.5, 0.6) is 17.2 Å². The number of rotatable bonds is 4. The maximum atomic E-state index is 12.5. The molecule has 1 N–H and O–H groups in total. The zero-order valence-electron chi connectivity index (χ0n) is 16.5. The lowest BCUT2D eigenvalue weighted by Gasteiger charge is -2.23. The second-order valence-corrected chi connectivity index (χ2v) is 7.68. The Morgan fingerprint density at radius 3 is 2.09 bits per heavy atom. The standard InChI is InChI=1S/C24H17F3O5/c25-24(26,27)32-15-8-5-13(6-9-15)20-16-3-1-2-4-17(16)21(22(20)23(28)29)14-7-10-18-19(11-14)31-12-30-18/h1-11,20-22H,12H2,(H,28,29). The summed E-state index contributed by atoms with van der Waals surface area (Å²) in [5.74, 6) is -2.06. The second-order valence-electron chi connectivity index (χ2n) is 7.68. The first-order valence-electron chi connectivity index (χ1n) is 9.89. The van der Waals surface area contributed by atoms with Crippen LogP contribution in [0.2, 0.25) is 0 Å². The van der Waals surface area contributed by atoms with Gasteiger partial charge in [-0.2, -0.15) is 0 Å². The van der Waals surface area contributed by atoms with Gasteiger partial charge in [0.2, 0.25) is 6.79 Å². The predicted octanol–water partition coefficient (Wildman–Crippen LogP) is 5.29. The van der Waals surface area contributed by atoms with Crippen LogP contribution in [0.1, 0.15) is 34.1 Å². The molecule has 2 aliphatic rings. The van der Waals surface area contributed by atoms with Gasteiger partial charge in [-0.1, -0.05) is 42.5 Å². The van der Waals surface area contributed by atoms with E-state index in [4.69, 9.17) is 9.47 Å². The average Bonchev–Trinajstić information content (AvgIpc) is 3.35. The molecule has 3 unspecified atom stereocenters. The van der Waals surface area contributed by atoms with Crippen LogP contribution >= 0.6 is 0 Å². The van der Waals surface area contributed by atoms with E-state index in [1.54, 1.807) is 12.1 Å². The Kier molecular flexibility index (Phi) is 4.73. The highest BCUT2D eigenvalue weighted by atomic mass is 19.4. The molecular formula is C24H17F3O5. The van der Waals surface area contributed by atoms with Gasteiger partial charge in [0.15, 0.2) is 11.5 Å². The van der Waals surface area contributed by atoms with Crippen molar-refractivity contribution in [2.75, 3.05) is 6.79 Å². The van der Waals surface area contributed by atoms with Crippen molar-refractivity contribution in [1.82, 2.24) is 0 Å². The highest BCUT2D eigenvalue weighted by Gasteiger charge is 2.46. The molecular weight excluding hydrogens is 425 g/mol. The molecule has 3 atom stereocenters. The number of fused-ring (bicyclic) bond motifs is 2. The summed E-state index contributed by atoms with van der Waals surface area (Å²) in [6, 6.07) is 18.2. The molecule has 32 heavy (non-hydrogen) atoms. The molecule has 1 aliphatic carbocycles. The van der Waals surface area contributed by atoms with E-state index in [-0.39, 0.29) is 12.5 Å². The Bertz CT molecular complexity index is 1170. The largest absolute Gasteiger partial charge is 0.573 e. The van der Waals surface area contributed by atoms with Gasteiger partial charge in [-0.15, -0.1) is 13.2 Å². The van der Waals surface area contributed by atoms with Crippen LogP contribution in [-0.4, -0.2) is 24.2 Å². The van der Waals surface area contributed by atoms with Crippen molar-refractivity contribution in [2.24, 2.45) is 5.92 Å².